The fourth-order valence-corrected chi connectivity index (χ4v) is 3.34. The van der Waals surface area contributed by atoms with Crippen molar-refractivity contribution < 1.29 is 9.53 Å². The number of fused-ring (bicyclic) bond motifs is 1. The molecule has 2 aromatic rings. The molecule has 0 radical (unpaired) electrons. The molecule has 1 N–H and O–H groups in total. The average molecular weight is 382 g/mol. The molecule has 0 saturated carbocycles. The molecule has 0 aromatic carbocycles. The molecule has 0 fully saturated rings. The number of aryl methyl sites for hydroxylation is 2. The molecule has 0 saturated heterocycles. The fraction of sp³-hybridized carbons (Fsp3) is 0.533. The lowest BCUT2D eigenvalue weighted by molar-refractivity contribution is 0.102. The van der Waals surface area contributed by atoms with Gasteiger partial charge in [-0.25, -0.2) is 4.68 Å². The Morgan fingerprint density at radius 3 is 2.70 bits per heavy atom. The van der Waals surface area contributed by atoms with Crippen LogP contribution in [0.15, 0.2) is 4.47 Å². The van der Waals surface area contributed by atoms with E-state index in [0.29, 0.717) is 22.7 Å². The number of hydrogen-bond donors (Lipinski definition) is 1. The van der Waals surface area contributed by atoms with Crippen LogP contribution in [0.2, 0.25) is 0 Å². The molecule has 23 heavy (non-hydrogen) atoms. The Hall–Kier alpha value is -1.83. The summed E-state index contributed by atoms with van der Waals surface area (Å²) in [6, 6.07) is 0.236. The first kappa shape index (κ1) is 16.0. The Morgan fingerprint density at radius 2 is 2.09 bits per heavy atom. The molecular weight excluding hydrogens is 362 g/mol. The third-order valence-electron chi connectivity index (χ3n) is 3.87. The SMILES string of the molecule is Cc1nn(C(C)C)c(C)c1NC(=O)c1nn2c(c1Br)OCCC2. The highest BCUT2D eigenvalue weighted by molar-refractivity contribution is 9.10. The molecule has 124 valence electrons. The van der Waals surface area contributed by atoms with E-state index in [-0.39, 0.29) is 11.9 Å². The van der Waals surface area contributed by atoms with Crippen LogP contribution in [-0.4, -0.2) is 32.1 Å². The topological polar surface area (TPSA) is 74.0 Å². The summed E-state index contributed by atoms with van der Waals surface area (Å²) in [6.07, 6.45) is 0.890. The number of rotatable bonds is 3. The quantitative estimate of drug-likeness (QED) is 0.886. The number of hydrogen-bond acceptors (Lipinski definition) is 4. The van der Waals surface area contributed by atoms with Crippen molar-refractivity contribution in [3.8, 4) is 5.88 Å². The van der Waals surface area contributed by atoms with Crippen LogP contribution in [-0.2, 0) is 6.54 Å². The van der Waals surface area contributed by atoms with Gasteiger partial charge in [-0.05, 0) is 43.6 Å². The highest BCUT2D eigenvalue weighted by atomic mass is 79.9. The molecule has 0 atom stereocenters. The van der Waals surface area contributed by atoms with Crippen LogP contribution in [0.5, 0.6) is 5.88 Å². The second-order valence-electron chi connectivity index (χ2n) is 5.93. The van der Waals surface area contributed by atoms with Gasteiger partial charge in [-0.1, -0.05) is 0 Å². The zero-order valence-corrected chi connectivity index (χ0v) is 15.3. The maximum atomic E-state index is 12.6. The van der Waals surface area contributed by atoms with Gasteiger partial charge in [0.2, 0.25) is 5.88 Å². The van der Waals surface area contributed by atoms with Crippen LogP contribution in [0, 0.1) is 13.8 Å². The fourth-order valence-electron chi connectivity index (χ4n) is 2.76. The largest absolute Gasteiger partial charge is 0.477 e. The summed E-state index contributed by atoms with van der Waals surface area (Å²) in [5.41, 5.74) is 2.79. The van der Waals surface area contributed by atoms with Crippen molar-refractivity contribution in [1.82, 2.24) is 19.6 Å². The van der Waals surface area contributed by atoms with Gasteiger partial charge >= 0.3 is 0 Å². The van der Waals surface area contributed by atoms with E-state index >= 15 is 0 Å². The lowest BCUT2D eigenvalue weighted by Crippen LogP contribution is -2.16. The molecule has 0 aliphatic carbocycles. The Labute approximate surface area is 143 Å². The van der Waals surface area contributed by atoms with Crippen molar-refractivity contribution in [2.45, 2.75) is 46.7 Å². The lowest BCUT2D eigenvalue weighted by atomic mass is 10.3. The molecule has 1 aliphatic rings. The third-order valence-corrected chi connectivity index (χ3v) is 4.59. The molecule has 0 unspecified atom stereocenters. The van der Waals surface area contributed by atoms with Gasteiger partial charge < -0.3 is 10.1 Å². The Kier molecular flexibility index (Phi) is 4.18. The zero-order valence-electron chi connectivity index (χ0n) is 13.7. The van der Waals surface area contributed by atoms with Gasteiger partial charge in [0, 0.05) is 19.0 Å². The monoisotopic (exact) mass is 381 g/mol. The number of anilines is 1. The van der Waals surface area contributed by atoms with Crippen molar-refractivity contribution in [2.24, 2.45) is 0 Å². The van der Waals surface area contributed by atoms with Gasteiger partial charge in [-0.15, -0.1) is 0 Å². The number of nitrogens with one attached hydrogen (secondary N) is 1. The molecule has 7 nitrogen and oxygen atoms in total. The number of nitrogens with zero attached hydrogens (tertiary/aromatic N) is 4. The molecule has 8 heteroatoms. The van der Waals surface area contributed by atoms with E-state index in [1.165, 1.54) is 0 Å². The van der Waals surface area contributed by atoms with Crippen LogP contribution in [0.25, 0.3) is 0 Å². The van der Waals surface area contributed by atoms with Crippen LogP contribution in [0.3, 0.4) is 0 Å². The first-order chi connectivity index (χ1) is 10.9. The van der Waals surface area contributed by atoms with E-state index < -0.39 is 0 Å². The van der Waals surface area contributed by atoms with Crippen LogP contribution in [0.4, 0.5) is 5.69 Å². The molecular formula is C15H20BrN5O2. The van der Waals surface area contributed by atoms with Gasteiger partial charge in [0.25, 0.3) is 5.91 Å². The molecule has 0 spiro atoms. The summed E-state index contributed by atoms with van der Waals surface area (Å²) in [4.78, 5) is 12.6. The average Bonchev–Trinajstić information content (AvgIpc) is 2.99. The number of halogens is 1. The standard InChI is InChI=1S/C15H20BrN5O2/c1-8(2)21-10(4)12(9(3)18-21)17-14(22)13-11(16)15-20(19-13)6-5-7-23-15/h8H,5-7H2,1-4H3,(H,17,22). The van der Waals surface area contributed by atoms with E-state index in [1.807, 2.05) is 18.5 Å². The minimum Gasteiger partial charge on any atom is -0.477 e. The number of ether oxygens (including phenoxy) is 1. The van der Waals surface area contributed by atoms with E-state index in [1.54, 1.807) is 4.68 Å². The van der Waals surface area contributed by atoms with Crippen LogP contribution >= 0.6 is 15.9 Å². The first-order valence-corrected chi connectivity index (χ1v) is 8.45. The van der Waals surface area contributed by atoms with E-state index in [4.69, 9.17) is 4.74 Å². The van der Waals surface area contributed by atoms with Crippen LogP contribution in [0.1, 0.15) is 48.2 Å². The van der Waals surface area contributed by atoms with Crippen molar-refractivity contribution >= 4 is 27.5 Å². The van der Waals surface area contributed by atoms with E-state index in [2.05, 4.69) is 45.3 Å². The molecule has 3 rings (SSSR count). The maximum absolute atomic E-state index is 12.6. The summed E-state index contributed by atoms with van der Waals surface area (Å²) < 4.78 is 9.80. The van der Waals surface area contributed by atoms with Gasteiger partial charge in [-0.2, -0.15) is 10.2 Å². The Bertz CT molecular complexity index is 762. The molecule has 0 bridgehead atoms. The third kappa shape index (κ3) is 2.75. The van der Waals surface area contributed by atoms with Gasteiger partial charge in [-0.3, -0.25) is 9.48 Å². The minimum atomic E-state index is -0.267. The molecule has 2 aromatic heterocycles. The van der Waals surface area contributed by atoms with Crippen LogP contribution < -0.4 is 10.1 Å². The number of carbonyl (C=O) groups is 1. The summed E-state index contributed by atoms with van der Waals surface area (Å²) in [7, 11) is 0. The van der Waals surface area contributed by atoms with E-state index in [0.717, 1.165) is 30.0 Å². The zero-order chi connectivity index (χ0) is 16.7. The Balaban J connectivity index is 1.90. The molecule has 1 aliphatic heterocycles. The summed E-state index contributed by atoms with van der Waals surface area (Å²) in [5, 5.41) is 11.8. The lowest BCUT2D eigenvalue weighted by Gasteiger charge is -2.14. The van der Waals surface area contributed by atoms with Gasteiger partial charge in [0.1, 0.15) is 4.47 Å². The first-order valence-electron chi connectivity index (χ1n) is 7.66. The highest BCUT2D eigenvalue weighted by Gasteiger charge is 2.26. The molecule has 1 amide bonds. The minimum absolute atomic E-state index is 0.236. The predicted octanol–water partition coefficient (Wildman–Crippen LogP) is 3.07. The number of amides is 1. The van der Waals surface area contributed by atoms with Gasteiger partial charge in [0.05, 0.1) is 23.7 Å². The summed E-state index contributed by atoms with van der Waals surface area (Å²) in [5.74, 6) is 0.351. The van der Waals surface area contributed by atoms with Crippen molar-refractivity contribution in [3.63, 3.8) is 0 Å². The van der Waals surface area contributed by atoms with Crippen molar-refractivity contribution in [3.05, 3.63) is 21.6 Å². The second kappa shape index (κ2) is 5.99. The summed E-state index contributed by atoms with van der Waals surface area (Å²) >= 11 is 3.43. The normalized spacial score (nSPS) is 13.8. The highest BCUT2D eigenvalue weighted by Crippen LogP contribution is 2.32. The van der Waals surface area contributed by atoms with Crippen molar-refractivity contribution in [2.75, 3.05) is 11.9 Å². The van der Waals surface area contributed by atoms with Crippen molar-refractivity contribution in [1.29, 1.82) is 0 Å². The second-order valence-corrected chi connectivity index (χ2v) is 6.72. The van der Waals surface area contributed by atoms with Gasteiger partial charge in [0.15, 0.2) is 5.69 Å². The smallest absolute Gasteiger partial charge is 0.277 e. The Morgan fingerprint density at radius 1 is 1.35 bits per heavy atom. The molecule has 3 heterocycles. The van der Waals surface area contributed by atoms with E-state index in [9.17, 15) is 4.79 Å². The predicted molar refractivity (Wildman–Crippen MR) is 90.1 cm³/mol. The number of aromatic nitrogens is 4. The summed E-state index contributed by atoms with van der Waals surface area (Å²) in [6.45, 7) is 9.35. The number of carbonyl (C=O) groups excluding carboxylic acids is 1. The maximum Gasteiger partial charge on any atom is 0.277 e.